The van der Waals surface area contributed by atoms with Crippen LogP contribution in [-0.2, 0) is 6.54 Å². The van der Waals surface area contributed by atoms with E-state index in [1.165, 1.54) is 10.5 Å². The zero-order valence-electron chi connectivity index (χ0n) is 13.9. The summed E-state index contributed by atoms with van der Waals surface area (Å²) in [6.07, 6.45) is 1.57. The number of carbonyl (C=O) groups is 1. The second kappa shape index (κ2) is 7.85. The summed E-state index contributed by atoms with van der Waals surface area (Å²) in [6, 6.07) is 19.9. The van der Waals surface area contributed by atoms with Crippen LogP contribution in [0.15, 0.2) is 76.7 Å². The fourth-order valence-corrected chi connectivity index (χ4v) is 3.31. The standard InChI is InChI=1S/C20H19N3OS/c1-14-4-2-5-17(12-14)25-16-9-7-15(8-10-16)13-23-20(24)18-6-3-11-22-19(18)21/h2-12H,13H2,1H3,(H2,21,22)(H,23,24). The molecule has 0 aliphatic heterocycles. The summed E-state index contributed by atoms with van der Waals surface area (Å²) >= 11 is 1.72. The molecule has 2 aromatic carbocycles. The highest BCUT2D eigenvalue weighted by molar-refractivity contribution is 7.99. The van der Waals surface area contributed by atoms with Gasteiger partial charge in [0.15, 0.2) is 0 Å². The molecule has 0 saturated heterocycles. The Morgan fingerprint density at radius 1 is 1.08 bits per heavy atom. The molecule has 0 aliphatic carbocycles. The lowest BCUT2D eigenvalue weighted by Crippen LogP contribution is -2.24. The summed E-state index contributed by atoms with van der Waals surface area (Å²) in [5.74, 6) is 0.0220. The molecule has 25 heavy (non-hydrogen) atoms. The predicted octanol–water partition coefficient (Wildman–Crippen LogP) is 4.05. The number of anilines is 1. The van der Waals surface area contributed by atoms with Crippen molar-refractivity contribution in [1.82, 2.24) is 10.3 Å². The molecule has 0 aliphatic rings. The van der Waals surface area contributed by atoms with Gasteiger partial charge in [0.1, 0.15) is 5.82 Å². The summed E-state index contributed by atoms with van der Waals surface area (Å²) in [5.41, 5.74) is 8.40. The van der Waals surface area contributed by atoms with Crippen LogP contribution in [0.5, 0.6) is 0 Å². The van der Waals surface area contributed by atoms with E-state index >= 15 is 0 Å². The molecule has 3 aromatic rings. The second-order valence-corrected chi connectivity index (χ2v) is 6.83. The molecule has 0 bridgehead atoms. The van der Waals surface area contributed by atoms with Gasteiger partial charge in [-0.1, -0.05) is 41.6 Å². The fraction of sp³-hybridized carbons (Fsp3) is 0.100. The number of hydrogen-bond acceptors (Lipinski definition) is 4. The molecular formula is C20H19N3OS. The van der Waals surface area contributed by atoms with Crippen LogP contribution in [0.1, 0.15) is 21.5 Å². The molecule has 1 amide bonds. The molecule has 3 rings (SSSR count). The summed E-state index contributed by atoms with van der Waals surface area (Å²) < 4.78 is 0. The van der Waals surface area contributed by atoms with Crippen LogP contribution in [0.2, 0.25) is 0 Å². The Hall–Kier alpha value is -2.79. The van der Waals surface area contributed by atoms with E-state index in [4.69, 9.17) is 5.73 Å². The third kappa shape index (κ3) is 4.61. The summed E-state index contributed by atoms with van der Waals surface area (Å²) in [5, 5.41) is 2.87. The topological polar surface area (TPSA) is 68.0 Å². The van der Waals surface area contributed by atoms with Crippen molar-refractivity contribution in [2.45, 2.75) is 23.3 Å². The van der Waals surface area contributed by atoms with E-state index in [1.54, 1.807) is 30.1 Å². The second-order valence-electron chi connectivity index (χ2n) is 5.68. The molecule has 126 valence electrons. The van der Waals surface area contributed by atoms with Gasteiger partial charge in [-0.05, 0) is 48.9 Å². The third-order valence-corrected chi connectivity index (χ3v) is 4.68. The molecule has 0 fully saturated rings. The fourth-order valence-electron chi connectivity index (χ4n) is 2.38. The van der Waals surface area contributed by atoms with Crippen LogP contribution < -0.4 is 11.1 Å². The SMILES string of the molecule is Cc1cccc(Sc2ccc(CNC(=O)c3cccnc3N)cc2)c1. The lowest BCUT2D eigenvalue weighted by Gasteiger charge is -2.08. The Kier molecular flexibility index (Phi) is 5.36. The number of benzene rings is 2. The number of hydrogen-bond donors (Lipinski definition) is 2. The average Bonchev–Trinajstić information content (AvgIpc) is 2.61. The van der Waals surface area contributed by atoms with Crippen molar-refractivity contribution in [1.29, 1.82) is 0 Å². The van der Waals surface area contributed by atoms with Gasteiger partial charge in [-0.15, -0.1) is 0 Å². The summed E-state index contributed by atoms with van der Waals surface area (Å²) in [6.45, 7) is 2.54. The Bertz CT molecular complexity index is 878. The Labute approximate surface area is 151 Å². The van der Waals surface area contributed by atoms with Crippen LogP contribution in [0, 0.1) is 6.92 Å². The van der Waals surface area contributed by atoms with Crippen LogP contribution in [-0.4, -0.2) is 10.9 Å². The predicted molar refractivity (Wildman–Crippen MR) is 102 cm³/mol. The van der Waals surface area contributed by atoms with Crippen molar-refractivity contribution in [3.8, 4) is 0 Å². The number of amides is 1. The van der Waals surface area contributed by atoms with Gasteiger partial charge in [-0.25, -0.2) is 4.98 Å². The van der Waals surface area contributed by atoms with E-state index in [2.05, 4.69) is 53.6 Å². The maximum absolute atomic E-state index is 12.1. The number of nitrogens with zero attached hydrogens (tertiary/aromatic N) is 1. The molecule has 4 nitrogen and oxygen atoms in total. The van der Waals surface area contributed by atoms with Crippen LogP contribution >= 0.6 is 11.8 Å². The van der Waals surface area contributed by atoms with E-state index in [-0.39, 0.29) is 11.7 Å². The van der Waals surface area contributed by atoms with Gasteiger partial charge in [0.2, 0.25) is 0 Å². The Morgan fingerprint density at radius 2 is 1.88 bits per heavy atom. The molecular weight excluding hydrogens is 330 g/mol. The highest BCUT2D eigenvalue weighted by Gasteiger charge is 2.09. The summed E-state index contributed by atoms with van der Waals surface area (Å²) in [4.78, 5) is 18.5. The average molecular weight is 349 g/mol. The molecule has 0 unspecified atom stereocenters. The van der Waals surface area contributed by atoms with Gasteiger partial charge in [0.25, 0.3) is 5.91 Å². The first-order valence-corrected chi connectivity index (χ1v) is 8.75. The molecule has 1 heterocycles. The monoisotopic (exact) mass is 349 g/mol. The normalized spacial score (nSPS) is 10.4. The minimum Gasteiger partial charge on any atom is -0.383 e. The first-order valence-electron chi connectivity index (χ1n) is 7.94. The minimum atomic E-state index is -0.219. The van der Waals surface area contributed by atoms with Crippen molar-refractivity contribution in [2.75, 3.05) is 5.73 Å². The molecule has 0 atom stereocenters. The molecule has 1 aromatic heterocycles. The lowest BCUT2D eigenvalue weighted by atomic mass is 10.2. The van der Waals surface area contributed by atoms with E-state index in [9.17, 15) is 4.79 Å². The largest absolute Gasteiger partial charge is 0.383 e. The van der Waals surface area contributed by atoms with Gasteiger partial charge in [0, 0.05) is 22.5 Å². The van der Waals surface area contributed by atoms with Crippen molar-refractivity contribution in [2.24, 2.45) is 0 Å². The number of aryl methyl sites for hydroxylation is 1. The molecule has 0 spiro atoms. The van der Waals surface area contributed by atoms with Crippen LogP contribution in [0.25, 0.3) is 0 Å². The minimum absolute atomic E-state index is 0.219. The molecule has 0 radical (unpaired) electrons. The number of carbonyl (C=O) groups excluding carboxylic acids is 1. The van der Waals surface area contributed by atoms with Crippen molar-refractivity contribution >= 4 is 23.5 Å². The van der Waals surface area contributed by atoms with Gasteiger partial charge in [-0.2, -0.15) is 0 Å². The maximum Gasteiger partial charge on any atom is 0.255 e. The first-order chi connectivity index (χ1) is 12.1. The number of pyridine rings is 1. The van der Waals surface area contributed by atoms with Gasteiger partial charge < -0.3 is 11.1 Å². The highest BCUT2D eigenvalue weighted by Crippen LogP contribution is 2.28. The van der Waals surface area contributed by atoms with E-state index < -0.39 is 0 Å². The maximum atomic E-state index is 12.1. The van der Waals surface area contributed by atoms with E-state index in [0.29, 0.717) is 12.1 Å². The van der Waals surface area contributed by atoms with Gasteiger partial charge in [0.05, 0.1) is 5.56 Å². The van der Waals surface area contributed by atoms with Crippen molar-refractivity contribution in [3.05, 3.63) is 83.6 Å². The van der Waals surface area contributed by atoms with Gasteiger partial charge in [-0.3, -0.25) is 4.79 Å². The lowest BCUT2D eigenvalue weighted by molar-refractivity contribution is 0.0951. The first kappa shape index (κ1) is 17.0. The van der Waals surface area contributed by atoms with E-state index in [1.807, 2.05) is 12.1 Å². The summed E-state index contributed by atoms with van der Waals surface area (Å²) in [7, 11) is 0. The molecule has 0 saturated carbocycles. The van der Waals surface area contributed by atoms with Gasteiger partial charge >= 0.3 is 0 Å². The Balaban J connectivity index is 1.59. The number of nitrogens with one attached hydrogen (secondary N) is 1. The third-order valence-electron chi connectivity index (χ3n) is 3.68. The number of aromatic nitrogens is 1. The van der Waals surface area contributed by atoms with E-state index in [0.717, 1.165) is 10.5 Å². The van der Waals surface area contributed by atoms with Crippen molar-refractivity contribution < 1.29 is 4.79 Å². The van der Waals surface area contributed by atoms with Crippen LogP contribution in [0.3, 0.4) is 0 Å². The van der Waals surface area contributed by atoms with Crippen LogP contribution in [0.4, 0.5) is 5.82 Å². The zero-order chi connectivity index (χ0) is 17.6. The zero-order valence-corrected chi connectivity index (χ0v) is 14.7. The quantitative estimate of drug-likeness (QED) is 0.729. The Morgan fingerprint density at radius 3 is 2.60 bits per heavy atom. The number of nitrogen functional groups attached to an aromatic ring is 1. The number of nitrogens with two attached hydrogens (primary N) is 1. The van der Waals surface area contributed by atoms with Crippen molar-refractivity contribution in [3.63, 3.8) is 0 Å². The number of rotatable bonds is 5. The molecule has 5 heteroatoms. The smallest absolute Gasteiger partial charge is 0.255 e. The highest BCUT2D eigenvalue weighted by atomic mass is 32.2. The molecule has 3 N–H and O–H groups in total.